The molecule has 1 heterocycles. The average Bonchev–Trinajstić information content (AvgIpc) is 2.37. The molecular weight excluding hydrogens is 232 g/mol. The van der Waals surface area contributed by atoms with Gasteiger partial charge < -0.3 is 9.84 Å². The molecule has 1 aromatic carbocycles. The summed E-state index contributed by atoms with van der Waals surface area (Å²) in [7, 11) is 0. The minimum Gasteiger partial charge on any atom is -0.485 e. The highest BCUT2D eigenvalue weighted by atomic mass is 16.5. The lowest BCUT2D eigenvalue weighted by atomic mass is 10.1. The fourth-order valence-electron chi connectivity index (χ4n) is 1.47. The molecule has 0 bridgehead atoms. The van der Waals surface area contributed by atoms with E-state index in [2.05, 4.69) is 9.97 Å². The Morgan fingerprint density at radius 3 is 2.72 bits per heavy atom. The second-order valence-corrected chi connectivity index (χ2v) is 3.76. The van der Waals surface area contributed by atoms with Crippen molar-refractivity contribution in [2.24, 2.45) is 0 Å². The van der Waals surface area contributed by atoms with Crippen molar-refractivity contribution in [2.75, 3.05) is 0 Å². The Hall–Kier alpha value is -2.43. The highest BCUT2D eigenvalue weighted by Crippen LogP contribution is 2.21. The van der Waals surface area contributed by atoms with E-state index in [-0.39, 0.29) is 12.2 Å². The zero-order chi connectivity index (χ0) is 13.0. The number of aromatic carboxylic acids is 1. The Kier molecular flexibility index (Phi) is 3.52. The number of rotatable bonds is 4. The van der Waals surface area contributed by atoms with Crippen LogP contribution >= 0.6 is 0 Å². The van der Waals surface area contributed by atoms with E-state index in [1.165, 1.54) is 6.07 Å². The Balaban J connectivity index is 2.18. The number of carboxylic acid groups (broad SMARTS) is 1. The number of nitrogens with zero attached hydrogens (tertiary/aromatic N) is 2. The molecule has 1 N–H and O–H groups in total. The minimum atomic E-state index is -1.01. The molecule has 0 aliphatic rings. The van der Waals surface area contributed by atoms with Crippen molar-refractivity contribution in [3.63, 3.8) is 0 Å². The Morgan fingerprint density at radius 2 is 2.06 bits per heavy atom. The van der Waals surface area contributed by atoms with Gasteiger partial charge in [0.2, 0.25) is 0 Å². The van der Waals surface area contributed by atoms with Crippen LogP contribution in [0.25, 0.3) is 0 Å². The van der Waals surface area contributed by atoms with Crippen molar-refractivity contribution in [3.05, 3.63) is 53.6 Å². The normalized spacial score (nSPS) is 10.1. The summed E-state index contributed by atoms with van der Waals surface area (Å²) in [5.41, 5.74) is 1.07. The van der Waals surface area contributed by atoms with E-state index in [1.54, 1.807) is 30.6 Å². The zero-order valence-electron chi connectivity index (χ0n) is 9.83. The Morgan fingerprint density at radius 1 is 1.33 bits per heavy atom. The molecule has 0 aliphatic carbocycles. The van der Waals surface area contributed by atoms with E-state index in [0.717, 1.165) is 5.56 Å². The number of ether oxygens (including phenoxy) is 1. The van der Waals surface area contributed by atoms with Gasteiger partial charge in [-0.05, 0) is 30.7 Å². The lowest BCUT2D eigenvalue weighted by molar-refractivity contribution is 0.0691. The molecule has 92 valence electrons. The summed E-state index contributed by atoms with van der Waals surface area (Å²) in [4.78, 5) is 19.0. The number of carbonyl (C=O) groups is 1. The fourth-order valence-corrected chi connectivity index (χ4v) is 1.47. The number of hydrogen-bond acceptors (Lipinski definition) is 4. The fraction of sp³-hybridized carbons (Fsp3) is 0.154. The number of hydrogen-bond donors (Lipinski definition) is 1. The van der Waals surface area contributed by atoms with E-state index in [0.29, 0.717) is 11.6 Å². The smallest absolute Gasteiger partial charge is 0.339 e. The average molecular weight is 244 g/mol. The molecule has 0 spiro atoms. The second-order valence-electron chi connectivity index (χ2n) is 3.76. The van der Waals surface area contributed by atoms with E-state index in [9.17, 15) is 4.79 Å². The highest BCUT2D eigenvalue weighted by Gasteiger charge is 2.11. The molecule has 0 atom stereocenters. The third kappa shape index (κ3) is 2.82. The zero-order valence-corrected chi connectivity index (χ0v) is 9.83. The van der Waals surface area contributed by atoms with Gasteiger partial charge in [0, 0.05) is 12.4 Å². The van der Waals surface area contributed by atoms with Crippen LogP contribution in [-0.2, 0) is 6.61 Å². The van der Waals surface area contributed by atoms with Gasteiger partial charge in [-0.25, -0.2) is 14.8 Å². The lowest BCUT2D eigenvalue weighted by Crippen LogP contribution is -2.05. The van der Waals surface area contributed by atoms with Gasteiger partial charge in [-0.1, -0.05) is 6.07 Å². The molecule has 18 heavy (non-hydrogen) atoms. The molecule has 2 rings (SSSR count). The van der Waals surface area contributed by atoms with Gasteiger partial charge in [-0.15, -0.1) is 0 Å². The number of benzene rings is 1. The van der Waals surface area contributed by atoms with Crippen molar-refractivity contribution in [3.8, 4) is 5.75 Å². The monoisotopic (exact) mass is 244 g/mol. The largest absolute Gasteiger partial charge is 0.485 e. The van der Waals surface area contributed by atoms with E-state index in [1.807, 2.05) is 6.92 Å². The van der Waals surface area contributed by atoms with E-state index < -0.39 is 5.97 Å². The molecule has 1 aromatic heterocycles. The first-order chi connectivity index (χ1) is 8.66. The second kappa shape index (κ2) is 5.27. The molecule has 2 aromatic rings. The van der Waals surface area contributed by atoms with E-state index in [4.69, 9.17) is 9.84 Å². The highest BCUT2D eigenvalue weighted by molar-refractivity contribution is 5.90. The first-order valence-electron chi connectivity index (χ1n) is 5.39. The van der Waals surface area contributed by atoms with Gasteiger partial charge >= 0.3 is 5.97 Å². The van der Waals surface area contributed by atoms with Gasteiger partial charge in [-0.2, -0.15) is 0 Å². The maximum atomic E-state index is 11.0. The van der Waals surface area contributed by atoms with Crippen LogP contribution in [-0.4, -0.2) is 21.0 Å². The number of aryl methyl sites for hydroxylation is 1. The van der Waals surface area contributed by atoms with Crippen molar-refractivity contribution in [2.45, 2.75) is 13.5 Å². The SMILES string of the molecule is Cc1ccc(C(=O)O)c(OCc2ncccn2)c1. The third-order valence-corrected chi connectivity index (χ3v) is 2.34. The molecule has 0 saturated heterocycles. The minimum absolute atomic E-state index is 0.136. The van der Waals surface area contributed by atoms with Crippen molar-refractivity contribution in [1.29, 1.82) is 0 Å². The Labute approximate surface area is 104 Å². The quantitative estimate of drug-likeness (QED) is 0.891. The summed E-state index contributed by atoms with van der Waals surface area (Å²) in [6.45, 7) is 2.02. The van der Waals surface area contributed by atoms with E-state index >= 15 is 0 Å². The summed E-state index contributed by atoms with van der Waals surface area (Å²) in [5, 5.41) is 9.04. The summed E-state index contributed by atoms with van der Waals surface area (Å²) in [6.07, 6.45) is 3.22. The van der Waals surface area contributed by atoms with Crippen LogP contribution in [0.4, 0.5) is 0 Å². The van der Waals surface area contributed by atoms with Crippen LogP contribution in [0.3, 0.4) is 0 Å². The molecule has 0 saturated carbocycles. The Bertz CT molecular complexity index is 555. The topological polar surface area (TPSA) is 72.3 Å². The predicted molar refractivity (Wildman–Crippen MR) is 64.5 cm³/mol. The molecule has 5 nitrogen and oxygen atoms in total. The molecule has 0 radical (unpaired) electrons. The van der Waals surface area contributed by atoms with Crippen molar-refractivity contribution >= 4 is 5.97 Å². The summed E-state index contributed by atoms with van der Waals surface area (Å²) < 4.78 is 5.46. The molecule has 0 aliphatic heterocycles. The van der Waals surface area contributed by atoms with Crippen LogP contribution in [0.2, 0.25) is 0 Å². The first kappa shape index (κ1) is 12.0. The summed E-state index contributed by atoms with van der Waals surface area (Å²) in [6, 6.07) is 6.65. The number of carboxylic acids is 1. The van der Waals surface area contributed by atoms with Gasteiger partial charge in [0.15, 0.2) is 5.82 Å². The maximum Gasteiger partial charge on any atom is 0.339 e. The molecule has 0 fully saturated rings. The molecular formula is C13H12N2O3. The summed E-state index contributed by atoms with van der Waals surface area (Å²) in [5.74, 6) is -0.177. The van der Waals surface area contributed by atoms with Crippen LogP contribution in [0.1, 0.15) is 21.7 Å². The van der Waals surface area contributed by atoms with Gasteiger partial charge in [0.1, 0.15) is 17.9 Å². The van der Waals surface area contributed by atoms with Crippen molar-refractivity contribution < 1.29 is 14.6 Å². The maximum absolute atomic E-state index is 11.0. The van der Waals surface area contributed by atoms with Gasteiger partial charge in [0.25, 0.3) is 0 Å². The van der Waals surface area contributed by atoms with Crippen LogP contribution in [0, 0.1) is 6.92 Å². The van der Waals surface area contributed by atoms with Gasteiger partial charge in [0.05, 0.1) is 0 Å². The molecule has 5 heteroatoms. The van der Waals surface area contributed by atoms with Crippen LogP contribution in [0.5, 0.6) is 5.75 Å². The van der Waals surface area contributed by atoms with Crippen LogP contribution < -0.4 is 4.74 Å². The third-order valence-electron chi connectivity index (χ3n) is 2.34. The van der Waals surface area contributed by atoms with Crippen molar-refractivity contribution in [1.82, 2.24) is 9.97 Å². The lowest BCUT2D eigenvalue weighted by Gasteiger charge is -2.09. The number of aromatic nitrogens is 2. The van der Waals surface area contributed by atoms with Crippen LogP contribution in [0.15, 0.2) is 36.7 Å². The molecule has 0 amide bonds. The standard InChI is InChI=1S/C13H12N2O3/c1-9-3-4-10(13(16)17)11(7-9)18-8-12-14-5-2-6-15-12/h2-7H,8H2,1H3,(H,16,17). The summed E-state index contributed by atoms with van der Waals surface area (Å²) >= 11 is 0. The molecule has 0 unspecified atom stereocenters. The first-order valence-corrected chi connectivity index (χ1v) is 5.39. The van der Waals surface area contributed by atoms with Gasteiger partial charge in [-0.3, -0.25) is 0 Å². The predicted octanol–water partition coefficient (Wildman–Crippen LogP) is 2.06.